The first-order valence-electron chi connectivity index (χ1n) is 9.42. The Morgan fingerprint density at radius 1 is 1.35 bits per heavy atom. The van der Waals surface area contributed by atoms with Gasteiger partial charge in [-0.05, 0) is 32.8 Å². The number of rotatable bonds is 4. The van der Waals surface area contributed by atoms with Crippen molar-refractivity contribution in [3.8, 4) is 0 Å². The third-order valence-corrected chi connectivity index (χ3v) is 5.71. The molecule has 7 heteroatoms. The molecule has 0 spiro atoms. The molecule has 0 radical (unpaired) electrons. The predicted octanol–water partition coefficient (Wildman–Crippen LogP) is 1.83. The summed E-state index contributed by atoms with van der Waals surface area (Å²) >= 11 is 0. The summed E-state index contributed by atoms with van der Waals surface area (Å²) in [5.74, 6) is 0.646. The van der Waals surface area contributed by atoms with Crippen molar-refractivity contribution < 1.29 is 4.79 Å². The minimum Gasteiger partial charge on any atom is -0.338 e. The lowest BCUT2D eigenvalue weighted by atomic mass is 9.81. The minimum atomic E-state index is -0.279. The number of carbonyl (C=O) groups excluding carboxylic acids is 1. The van der Waals surface area contributed by atoms with E-state index in [1.54, 1.807) is 11.5 Å². The van der Waals surface area contributed by atoms with E-state index in [9.17, 15) is 9.59 Å². The topological polar surface area (TPSA) is 83.9 Å². The Bertz CT molecular complexity index is 894. The van der Waals surface area contributed by atoms with Gasteiger partial charge in [0.05, 0.1) is 5.69 Å². The van der Waals surface area contributed by atoms with Gasteiger partial charge in [0.2, 0.25) is 5.91 Å². The van der Waals surface area contributed by atoms with Crippen LogP contribution in [0.25, 0.3) is 0 Å². The molecule has 26 heavy (non-hydrogen) atoms. The van der Waals surface area contributed by atoms with Gasteiger partial charge in [0.25, 0.3) is 0 Å². The number of H-pyrrole nitrogens is 1. The second-order valence-corrected chi connectivity index (χ2v) is 7.48. The summed E-state index contributed by atoms with van der Waals surface area (Å²) in [6.45, 7) is 5.40. The average Bonchev–Trinajstić information content (AvgIpc) is 2.95. The molecule has 0 saturated heterocycles. The maximum absolute atomic E-state index is 12.7. The number of hydrogen-bond acceptors (Lipinski definition) is 4. The standard InChI is InChI=1S/C19H25N5O2/c1-12-10-13(2)24(19(26)20-12)9-7-17(25)23-8-6-16-15(11-23)18(22-21-16)14-4-3-5-14/h10,14H,3-9,11H2,1-2H3,(H,21,22). The van der Waals surface area contributed by atoms with Crippen LogP contribution in [0.2, 0.25) is 0 Å². The van der Waals surface area contributed by atoms with Gasteiger partial charge in [-0.25, -0.2) is 4.79 Å². The van der Waals surface area contributed by atoms with Crippen molar-refractivity contribution in [3.63, 3.8) is 0 Å². The average molecular weight is 355 g/mol. The summed E-state index contributed by atoms with van der Waals surface area (Å²) in [5, 5.41) is 7.69. The zero-order valence-corrected chi connectivity index (χ0v) is 15.4. The van der Waals surface area contributed by atoms with Gasteiger partial charge in [0.15, 0.2) is 0 Å². The Balaban J connectivity index is 1.43. The molecular formula is C19H25N5O2. The second kappa shape index (κ2) is 6.70. The van der Waals surface area contributed by atoms with Crippen LogP contribution >= 0.6 is 0 Å². The van der Waals surface area contributed by atoms with E-state index in [0.29, 0.717) is 37.7 Å². The summed E-state index contributed by atoms with van der Waals surface area (Å²) in [4.78, 5) is 30.6. The Kier molecular flexibility index (Phi) is 4.38. The van der Waals surface area contributed by atoms with Gasteiger partial charge in [0, 0.05) is 61.0 Å². The number of hydrogen-bond donors (Lipinski definition) is 1. The van der Waals surface area contributed by atoms with Gasteiger partial charge >= 0.3 is 5.69 Å². The van der Waals surface area contributed by atoms with Gasteiger partial charge in [-0.15, -0.1) is 0 Å². The number of aromatic nitrogens is 4. The Labute approximate surface area is 152 Å². The van der Waals surface area contributed by atoms with E-state index < -0.39 is 0 Å². The van der Waals surface area contributed by atoms with Crippen LogP contribution in [0.3, 0.4) is 0 Å². The maximum atomic E-state index is 12.7. The smallest absolute Gasteiger partial charge is 0.338 e. The Morgan fingerprint density at radius 2 is 2.15 bits per heavy atom. The van der Waals surface area contributed by atoms with E-state index in [-0.39, 0.29) is 11.6 Å². The molecule has 7 nitrogen and oxygen atoms in total. The van der Waals surface area contributed by atoms with Crippen LogP contribution in [-0.2, 0) is 24.3 Å². The van der Waals surface area contributed by atoms with Crippen LogP contribution < -0.4 is 5.69 Å². The van der Waals surface area contributed by atoms with E-state index >= 15 is 0 Å². The summed E-state index contributed by atoms with van der Waals surface area (Å²) in [7, 11) is 0. The van der Waals surface area contributed by atoms with Gasteiger partial charge in [-0.3, -0.25) is 14.5 Å². The predicted molar refractivity (Wildman–Crippen MR) is 96.9 cm³/mol. The van der Waals surface area contributed by atoms with Gasteiger partial charge < -0.3 is 4.90 Å². The molecule has 2 aliphatic rings. The van der Waals surface area contributed by atoms with Crippen LogP contribution in [0.5, 0.6) is 0 Å². The highest BCUT2D eigenvalue weighted by Gasteiger charge is 2.30. The Hall–Kier alpha value is -2.44. The molecule has 1 saturated carbocycles. The monoisotopic (exact) mass is 355 g/mol. The number of carbonyl (C=O) groups is 1. The summed E-state index contributed by atoms with van der Waals surface area (Å²) < 4.78 is 1.58. The van der Waals surface area contributed by atoms with E-state index in [2.05, 4.69) is 15.2 Å². The number of amides is 1. The van der Waals surface area contributed by atoms with Crippen LogP contribution in [0.1, 0.15) is 59.9 Å². The van der Waals surface area contributed by atoms with Crippen LogP contribution in [-0.4, -0.2) is 37.1 Å². The molecule has 1 aliphatic carbocycles. The van der Waals surface area contributed by atoms with Crippen molar-refractivity contribution in [2.24, 2.45) is 0 Å². The molecule has 0 atom stereocenters. The van der Waals surface area contributed by atoms with Crippen molar-refractivity contribution in [1.29, 1.82) is 0 Å². The normalized spacial score (nSPS) is 17.1. The molecule has 138 valence electrons. The lowest BCUT2D eigenvalue weighted by molar-refractivity contribution is -0.132. The molecule has 2 aromatic heterocycles. The number of fused-ring (bicyclic) bond motifs is 1. The quantitative estimate of drug-likeness (QED) is 0.907. The molecule has 1 amide bonds. The molecule has 1 aliphatic heterocycles. The fourth-order valence-electron chi connectivity index (χ4n) is 3.96. The third-order valence-electron chi connectivity index (χ3n) is 5.71. The third kappa shape index (κ3) is 3.06. The zero-order chi connectivity index (χ0) is 18.3. The van der Waals surface area contributed by atoms with E-state index in [4.69, 9.17) is 0 Å². The van der Waals surface area contributed by atoms with Gasteiger partial charge in [-0.1, -0.05) is 6.42 Å². The lowest BCUT2D eigenvalue weighted by Gasteiger charge is -2.30. The lowest BCUT2D eigenvalue weighted by Crippen LogP contribution is -2.37. The summed E-state index contributed by atoms with van der Waals surface area (Å²) in [6.07, 6.45) is 4.82. The van der Waals surface area contributed by atoms with Crippen molar-refractivity contribution in [1.82, 2.24) is 24.6 Å². The molecule has 1 N–H and O–H groups in total. The summed E-state index contributed by atoms with van der Waals surface area (Å²) in [5.41, 5.74) is 4.85. The molecule has 2 aromatic rings. The first-order chi connectivity index (χ1) is 12.5. The highest BCUT2D eigenvalue weighted by molar-refractivity contribution is 5.76. The van der Waals surface area contributed by atoms with Gasteiger partial charge in [-0.2, -0.15) is 10.1 Å². The number of nitrogens with zero attached hydrogens (tertiary/aromatic N) is 4. The largest absolute Gasteiger partial charge is 0.347 e. The number of nitrogens with one attached hydrogen (secondary N) is 1. The van der Waals surface area contributed by atoms with Crippen molar-refractivity contribution in [3.05, 3.63) is 44.9 Å². The zero-order valence-electron chi connectivity index (χ0n) is 15.4. The SMILES string of the molecule is Cc1cc(C)n(CCC(=O)N2CCc3[nH]nc(C4CCC4)c3C2)c(=O)n1. The van der Waals surface area contributed by atoms with Crippen LogP contribution in [0.15, 0.2) is 10.9 Å². The summed E-state index contributed by atoms with van der Waals surface area (Å²) in [6, 6.07) is 1.87. The molecule has 0 bridgehead atoms. The number of aryl methyl sites for hydroxylation is 2. The fourth-order valence-corrected chi connectivity index (χ4v) is 3.96. The highest BCUT2D eigenvalue weighted by atomic mass is 16.2. The van der Waals surface area contributed by atoms with E-state index in [0.717, 1.165) is 12.1 Å². The first-order valence-corrected chi connectivity index (χ1v) is 9.42. The molecule has 1 fully saturated rings. The second-order valence-electron chi connectivity index (χ2n) is 7.48. The van der Waals surface area contributed by atoms with Gasteiger partial charge in [0.1, 0.15) is 0 Å². The minimum absolute atomic E-state index is 0.0864. The van der Waals surface area contributed by atoms with E-state index in [1.807, 2.05) is 17.9 Å². The molecule has 4 rings (SSSR count). The first kappa shape index (κ1) is 17.0. The van der Waals surface area contributed by atoms with Crippen LogP contribution in [0, 0.1) is 13.8 Å². The molecule has 0 aromatic carbocycles. The van der Waals surface area contributed by atoms with Crippen LogP contribution in [0.4, 0.5) is 0 Å². The fraction of sp³-hybridized carbons (Fsp3) is 0.579. The Morgan fingerprint density at radius 3 is 2.85 bits per heavy atom. The molecular weight excluding hydrogens is 330 g/mol. The highest BCUT2D eigenvalue weighted by Crippen LogP contribution is 2.38. The van der Waals surface area contributed by atoms with E-state index in [1.165, 1.54) is 36.2 Å². The number of aromatic amines is 1. The molecule has 0 unspecified atom stereocenters. The molecule has 3 heterocycles. The maximum Gasteiger partial charge on any atom is 0.347 e. The van der Waals surface area contributed by atoms with Crippen molar-refractivity contribution in [2.75, 3.05) is 6.54 Å². The van der Waals surface area contributed by atoms with Crippen molar-refractivity contribution in [2.45, 2.75) is 65.0 Å². The van der Waals surface area contributed by atoms with Crippen molar-refractivity contribution >= 4 is 5.91 Å².